The Balaban J connectivity index is 1.84. The van der Waals surface area contributed by atoms with E-state index in [-0.39, 0.29) is 18.1 Å². The van der Waals surface area contributed by atoms with Gasteiger partial charge in [-0.05, 0) is 24.3 Å². The van der Waals surface area contributed by atoms with E-state index in [1.807, 2.05) is 0 Å². The highest BCUT2D eigenvalue weighted by atomic mass is 35.5. The minimum absolute atomic E-state index is 0.174. The van der Waals surface area contributed by atoms with E-state index in [1.165, 1.54) is 31.4 Å². The largest absolute Gasteiger partial charge is 0.465 e. The average molecular weight is 365 g/mol. The summed E-state index contributed by atoms with van der Waals surface area (Å²) >= 11 is 6.02. The van der Waals surface area contributed by atoms with E-state index in [0.29, 0.717) is 34.9 Å². The van der Waals surface area contributed by atoms with Crippen molar-refractivity contribution in [1.29, 1.82) is 0 Å². The SMILES string of the molecule is COC(=O)c1ccc(Cl)c(NC(=O)CCNCc2ccccc2F)c1. The van der Waals surface area contributed by atoms with Crippen molar-refractivity contribution in [3.8, 4) is 0 Å². The van der Waals surface area contributed by atoms with Crippen LogP contribution >= 0.6 is 11.6 Å². The maximum atomic E-state index is 13.5. The highest BCUT2D eigenvalue weighted by Crippen LogP contribution is 2.23. The molecule has 0 saturated heterocycles. The third-order valence-corrected chi connectivity index (χ3v) is 3.79. The zero-order valence-corrected chi connectivity index (χ0v) is 14.4. The average Bonchev–Trinajstić information content (AvgIpc) is 2.61. The van der Waals surface area contributed by atoms with Gasteiger partial charge in [-0.3, -0.25) is 4.79 Å². The van der Waals surface area contributed by atoms with Crippen LogP contribution in [0, 0.1) is 5.82 Å². The van der Waals surface area contributed by atoms with Crippen molar-refractivity contribution in [2.24, 2.45) is 0 Å². The van der Waals surface area contributed by atoms with Crippen molar-refractivity contribution >= 4 is 29.2 Å². The zero-order chi connectivity index (χ0) is 18.2. The number of methoxy groups -OCH3 is 1. The monoisotopic (exact) mass is 364 g/mol. The van der Waals surface area contributed by atoms with E-state index in [2.05, 4.69) is 15.4 Å². The van der Waals surface area contributed by atoms with Gasteiger partial charge in [-0.25, -0.2) is 9.18 Å². The number of nitrogens with one attached hydrogen (secondary N) is 2. The van der Waals surface area contributed by atoms with Crippen LogP contribution in [0.5, 0.6) is 0 Å². The summed E-state index contributed by atoms with van der Waals surface area (Å²) < 4.78 is 18.1. The van der Waals surface area contributed by atoms with Crippen LogP contribution in [0.1, 0.15) is 22.3 Å². The van der Waals surface area contributed by atoms with Gasteiger partial charge in [0.25, 0.3) is 0 Å². The molecule has 5 nitrogen and oxygen atoms in total. The van der Waals surface area contributed by atoms with Crippen molar-refractivity contribution in [1.82, 2.24) is 5.32 Å². The molecule has 0 unspecified atom stereocenters. The number of rotatable bonds is 7. The molecule has 0 aliphatic rings. The fraction of sp³-hybridized carbons (Fsp3) is 0.222. The number of hydrogen-bond donors (Lipinski definition) is 2. The van der Waals surface area contributed by atoms with Crippen LogP contribution in [-0.4, -0.2) is 25.5 Å². The van der Waals surface area contributed by atoms with Crippen LogP contribution in [0.25, 0.3) is 0 Å². The fourth-order valence-corrected chi connectivity index (χ4v) is 2.31. The summed E-state index contributed by atoms with van der Waals surface area (Å²) in [5.74, 6) is -1.07. The van der Waals surface area contributed by atoms with Crippen molar-refractivity contribution in [3.63, 3.8) is 0 Å². The molecule has 0 aliphatic heterocycles. The van der Waals surface area contributed by atoms with Crippen molar-refractivity contribution in [3.05, 3.63) is 64.4 Å². The zero-order valence-electron chi connectivity index (χ0n) is 13.6. The van der Waals surface area contributed by atoms with Crippen LogP contribution < -0.4 is 10.6 Å². The molecule has 1 amide bonds. The number of amides is 1. The lowest BCUT2D eigenvalue weighted by molar-refractivity contribution is -0.116. The molecule has 0 bridgehead atoms. The highest BCUT2D eigenvalue weighted by molar-refractivity contribution is 6.33. The lowest BCUT2D eigenvalue weighted by Crippen LogP contribution is -2.22. The minimum Gasteiger partial charge on any atom is -0.465 e. The predicted octanol–water partition coefficient (Wildman–Crippen LogP) is 3.38. The summed E-state index contributed by atoms with van der Waals surface area (Å²) in [4.78, 5) is 23.5. The van der Waals surface area contributed by atoms with Gasteiger partial charge in [0.05, 0.1) is 23.4 Å². The number of anilines is 1. The van der Waals surface area contributed by atoms with Crippen LogP contribution in [-0.2, 0) is 16.1 Å². The van der Waals surface area contributed by atoms with Crippen LogP contribution in [0.2, 0.25) is 5.02 Å². The Morgan fingerprint density at radius 1 is 1.20 bits per heavy atom. The van der Waals surface area contributed by atoms with Crippen LogP contribution in [0.4, 0.5) is 10.1 Å². The molecule has 0 fully saturated rings. The molecule has 2 aromatic rings. The lowest BCUT2D eigenvalue weighted by Gasteiger charge is -2.10. The van der Waals surface area contributed by atoms with E-state index in [1.54, 1.807) is 18.2 Å². The molecule has 7 heteroatoms. The highest BCUT2D eigenvalue weighted by Gasteiger charge is 2.11. The van der Waals surface area contributed by atoms with Gasteiger partial charge in [-0.1, -0.05) is 29.8 Å². The number of carbonyl (C=O) groups excluding carboxylic acids is 2. The van der Waals surface area contributed by atoms with Gasteiger partial charge in [-0.15, -0.1) is 0 Å². The van der Waals surface area contributed by atoms with E-state index >= 15 is 0 Å². The van der Waals surface area contributed by atoms with Gasteiger partial charge in [-0.2, -0.15) is 0 Å². The van der Waals surface area contributed by atoms with Gasteiger partial charge < -0.3 is 15.4 Å². The molecule has 0 saturated carbocycles. The molecule has 0 spiro atoms. The normalized spacial score (nSPS) is 10.4. The second kappa shape index (κ2) is 9.15. The third kappa shape index (κ3) is 5.55. The molecular formula is C18H18ClFN2O3. The summed E-state index contributed by atoms with van der Waals surface area (Å²) in [6.07, 6.45) is 0.174. The Kier molecular flexibility index (Phi) is 6.91. The minimum atomic E-state index is -0.515. The maximum absolute atomic E-state index is 13.5. The molecule has 25 heavy (non-hydrogen) atoms. The van der Waals surface area contributed by atoms with Gasteiger partial charge in [0.2, 0.25) is 5.91 Å². The molecule has 2 N–H and O–H groups in total. The number of ether oxygens (including phenoxy) is 1. The van der Waals surface area contributed by atoms with Gasteiger partial charge in [0, 0.05) is 25.1 Å². The van der Waals surface area contributed by atoms with Gasteiger partial charge in [0.1, 0.15) is 5.82 Å². The van der Waals surface area contributed by atoms with E-state index in [4.69, 9.17) is 11.6 Å². The molecule has 2 rings (SSSR count). The first-order chi connectivity index (χ1) is 12.0. The molecule has 132 valence electrons. The third-order valence-electron chi connectivity index (χ3n) is 3.46. The Bertz CT molecular complexity index is 768. The summed E-state index contributed by atoms with van der Waals surface area (Å²) in [6.45, 7) is 0.701. The quantitative estimate of drug-likeness (QED) is 0.584. The summed E-state index contributed by atoms with van der Waals surface area (Å²) in [5.41, 5.74) is 1.17. The van der Waals surface area contributed by atoms with E-state index < -0.39 is 5.97 Å². The van der Waals surface area contributed by atoms with E-state index in [9.17, 15) is 14.0 Å². The summed E-state index contributed by atoms with van der Waals surface area (Å²) in [7, 11) is 1.27. The molecule has 0 aliphatic carbocycles. The van der Waals surface area contributed by atoms with Crippen molar-refractivity contribution in [2.45, 2.75) is 13.0 Å². The number of halogens is 2. The molecule has 0 atom stereocenters. The standard InChI is InChI=1S/C18H18ClFN2O3/c1-25-18(24)12-6-7-14(19)16(10-12)22-17(23)8-9-21-11-13-4-2-3-5-15(13)20/h2-7,10,21H,8-9,11H2,1H3,(H,22,23). The Hall–Kier alpha value is -2.44. The number of hydrogen-bond acceptors (Lipinski definition) is 4. The first-order valence-corrected chi connectivity index (χ1v) is 8.01. The number of carbonyl (C=O) groups is 2. The second-order valence-electron chi connectivity index (χ2n) is 5.25. The summed E-state index contributed by atoms with van der Waals surface area (Å²) in [6, 6.07) is 10.9. The lowest BCUT2D eigenvalue weighted by atomic mass is 10.2. The smallest absolute Gasteiger partial charge is 0.337 e. The topological polar surface area (TPSA) is 67.4 Å². The Labute approximate surface area is 150 Å². The maximum Gasteiger partial charge on any atom is 0.337 e. The fourth-order valence-electron chi connectivity index (χ4n) is 2.15. The number of benzene rings is 2. The van der Waals surface area contributed by atoms with Crippen LogP contribution in [0.15, 0.2) is 42.5 Å². The van der Waals surface area contributed by atoms with Crippen LogP contribution in [0.3, 0.4) is 0 Å². The van der Waals surface area contributed by atoms with Crippen molar-refractivity contribution in [2.75, 3.05) is 19.0 Å². The Morgan fingerprint density at radius 3 is 2.68 bits per heavy atom. The molecule has 0 radical (unpaired) electrons. The molecular weight excluding hydrogens is 347 g/mol. The number of esters is 1. The first-order valence-electron chi connectivity index (χ1n) is 7.63. The summed E-state index contributed by atoms with van der Waals surface area (Å²) in [5, 5.41) is 5.97. The van der Waals surface area contributed by atoms with E-state index in [0.717, 1.165) is 0 Å². The Morgan fingerprint density at radius 2 is 1.96 bits per heavy atom. The predicted molar refractivity (Wildman–Crippen MR) is 94.1 cm³/mol. The molecule has 2 aromatic carbocycles. The molecule has 0 heterocycles. The van der Waals surface area contributed by atoms with Gasteiger partial charge >= 0.3 is 5.97 Å². The second-order valence-corrected chi connectivity index (χ2v) is 5.66. The van der Waals surface area contributed by atoms with Gasteiger partial charge in [0.15, 0.2) is 0 Å². The first kappa shape index (κ1) is 18.9. The molecule has 0 aromatic heterocycles. The van der Waals surface area contributed by atoms with Crippen molar-refractivity contribution < 1.29 is 18.7 Å².